The summed E-state index contributed by atoms with van der Waals surface area (Å²) in [5, 5.41) is 1.22. The Labute approximate surface area is 193 Å². The van der Waals surface area contributed by atoms with Crippen LogP contribution in [0.2, 0.25) is 10.0 Å². The highest BCUT2D eigenvalue weighted by Gasteiger charge is 2.30. The molecule has 4 rings (SSSR count). The summed E-state index contributed by atoms with van der Waals surface area (Å²) in [5.41, 5.74) is 2.68. The van der Waals surface area contributed by atoms with Gasteiger partial charge in [-0.15, -0.1) is 0 Å². The number of para-hydroxylation sites is 2. The fraction of sp³-hybridized carbons (Fsp3) is 0.417. The number of aromatic nitrogens is 2. The molecule has 1 saturated heterocycles. The van der Waals surface area contributed by atoms with Crippen molar-refractivity contribution in [2.45, 2.75) is 32.7 Å². The Hall–Kier alpha value is -2.08. The molecule has 7 heteroatoms. The van der Waals surface area contributed by atoms with Crippen LogP contribution in [0.3, 0.4) is 0 Å². The number of benzene rings is 2. The van der Waals surface area contributed by atoms with Crippen LogP contribution in [0.5, 0.6) is 0 Å². The minimum absolute atomic E-state index is 0.160. The van der Waals surface area contributed by atoms with E-state index in [0.717, 1.165) is 55.1 Å². The van der Waals surface area contributed by atoms with Gasteiger partial charge in [-0.1, -0.05) is 55.2 Å². The molecule has 0 aliphatic carbocycles. The number of halogens is 2. The summed E-state index contributed by atoms with van der Waals surface area (Å²) in [5.74, 6) is 0.969. The topological polar surface area (TPSA) is 41.4 Å². The summed E-state index contributed by atoms with van der Waals surface area (Å²) in [7, 11) is 0. The summed E-state index contributed by atoms with van der Waals surface area (Å²) < 4.78 is 2.10. The quantitative estimate of drug-likeness (QED) is 0.518. The van der Waals surface area contributed by atoms with Crippen molar-refractivity contribution in [1.29, 1.82) is 0 Å². The number of amides is 1. The zero-order valence-corrected chi connectivity index (χ0v) is 19.5. The number of likely N-dealkylation sites (N-methyl/N-ethyl adjacent to an activating group) is 1. The largest absolute Gasteiger partial charge is 0.338 e. The van der Waals surface area contributed by atoms with Gasteiger partial charge in [-0.25, -0.2) is 4.98 Å². The third kappa shape index (κ3) is 4.45. The fourth-order valence-electron chi connectivity index (χ4n) is 4.39. The standard InChI is InChI=1S/C24H28Cl2N4O/c1-3-21(24(31)29-14-12-28(4-2)13-15-29)30-22-11-6-5-10-20(22)27-23(30)16-17-18(25)8-7-9-19(17)26/h5-11,21H,3-4,12-16H2,1-2H3/t21-/m0/s1. The monoisotopic (exact) mass is 458 g/mol. The van der Waals surface area contributed by atoms with E-state index in [9.17, 15) is 4.79 Å². The second-order valence-corrected chi connectivity index (χ2v) is 8.76. The van der Waals surface area contributed by atoms with Crippen molar-refractivity contribution in [3.63, 3.8) is 0 Å². The number of nitrogens with zero attached hydrogens (tertiary/aromatic N) is 4. The van der Waals surface area contributed by atoms with E-state index in [1.165, 1.54) is 0 Å². The smallest absolute Gasteiger partial charge is 0.245 e. The van der Waals surface area contributed by atoms with E-state index in [-0.39, 0.29) is 11.9 Å². The van der Waals surface area contributed by atoms with E-state index in [1.807, 2.05) is 47.4 Å². The highest BCUT2D eigenvalue weighted by molar-refractivity contribution is 6.36. The number of imidazole rings is 1. The molecule has 0 N–H and O–H groups in total. The Kier molecular flexibility index (Phi) is 6.85. The number of rotatable bonds is 6. The zero-order chi connectivity index (χ0) is 22.0. The van der Waals surface area contributed by atoms with Gasteiger partial charge in [0.2, 0.25) is 5.91 Å². The maximum atomic E-state index is 13.6. The number of carbonyl (C=O) groups is 1. The average Bonchev–Trinajstić information content (AvgIpc) is 3.15. The molecule has 3 aromatic rings. The second kappa shape index (κ2) is 9.60. The van der Waals surface area contributed by atoms with Crippen molar-refractivity contribution in [2.75, 3.05) is 32.7 Å². The van der Waals surface area contributed by atoms with Gasteiger partial charge >= 0.3 is 0 Å². The first-order valence-corrected chi connectivity index (χ1v) is 11.7. The molecule has 0 spiro atoms. The van der Waals surface area contributed by atoms with Crippen LogP contribution in [-0.4, -0.2) is 58.0 Å². The van der Waals surface area contributed by atoms with Crippen molar-refractivity contribution in [1.82, 2.24) is 19.4 Å². The first-order valence-electron chi connectivity index (χ1n) is 10.9. The summed E-state index contributed by atoms with van der Waals surface area (Å²) >= 11 is 12.9. The molecular formula is C24H28Cl2N4O. The Balaban J connectivity index is 1.73. The number of hydrogen-bond donors (Lipinski definition) is 0. The molecule has 1 aliphatic rings. The van der Waals surface area contributed by atoms with Crippen molar-refractivity contribution in [2.24, 2.45) is 0 Å². The fourth-order valence-corrected chi connectivity index (χ4v) is 4.92. The van der Waals surface area contributed by atoms with Crippen LogP contribution in [0.25, 0.3) is 11.0 Å². The molecule has 164 valence electrons. The van der Waals surface area contributed by atoms with Crippen molar-refractivity contribution >= 4 is 40.1 Å². The normalized spacial score (nSPS) is 16.1. The van der Waals surface area contributed by atoms with Gasteiger partial charge in [0, 0.05) is 42.6 Å². The molecule has 0 bridgehead atoms. The molecule has 2 heterocycles. The van der Waals surface area contributed by atoms with E-state index >= 15 is 0 Å². The lowest BCUT2D eigenvalue weighted by atomic mass is 10.1. The Bertz CT molecular complexity index is 1050. The lowest BCUT2D eigenvalue weighted by Crippen LogP contribution is -2.50. The van der Waals surface area contributed by atoms with E-state index in [4.69, 9.17) is 28.2 Å². The van der Waals surface area contributed by atoms with Gasteiger partial charge in [0.15, 0.2) is 0 Å². The highest BCUT2D eigenvalue weighted by Crippen LogP contribution is 2.31. The van der Waals surface area contributed by atoms with Crippen molar-refractivity contribution in [3.8, 4) is 0 Å². The van der Waals surface area contributed by atoms with Gasteiger partial charge in [0.1, 0.15) is 11.9 Å². The lowest BCUT2D eigenvalue weighted by Gasteiger charge is -2.36. The van der Waals surface area contributed by atoms with Crippen LogP contribution in [0, 0.1) is 0 Å². The predicted molar refractivity (Wildman–Crippen MR) is 127 cm³/mol. The molecule has 1 amide bonds. The average molecular weight is 459 g/mol. The second-order valence-electron chi connectivity index (χ2n) is 7.95. The molecule has 0 radical (unpaired) electrons. The SMILES string of the molecule is CC[C@@H](C(=O)N1CCN(CC)CC1)n1c(Cc2c(Cl)cccc2Cl)nc2ccccc21. The minimum Gasteiger partial charge on any atom is -0.338 e. The zero-order valence-electron chi connectivity index (χ0n) is 18.0. The predicted octanol–water partition coefficient (Wildman–Crippen LogP) is 5.05. The molecule has 0 unspecified atom stereocenters. The third-order valence-electron chi connectivity index (χ3n) is 6.18. The van der Waals surface area contributed by atoms with Crippen molar-refractivity contribution < 1.29 is 4.79 Å². The van der Waals surface area contributed by atoms with Crippen LogP contribution in [0.1, 0.15) is 37.7 Å². The number of piperazine rings is 1. The molecule has 1 atom stereocenters. The highest BCUT2D eigenvalue weighted by atomic mass is 35.5. The Morgan fingerprint density at radius 3 is 2.32 bits per heavy atom. The van der Waals surface area contributed by atoms with Crippen LogP contribution in [-0.2, 0) is 11.2 Å². The molecule has 5 nitrogen and oxygen atoms in total. The van der Waals surface area contributed by atoms with Crippen molar-refractivity contribution in [3.05, 3.63) is 63.9 Å². The summed E-state index contributed by atoms with van der Waals surface area (Å²) in [4.78, 5) is 22.9. The van der Waals surface area contributed by atoms with E-state index in [1.54, 1.807) is 0 Å². The van der Waals surface area contributed by atoms with Gasteiger partial charge in [-0.05, 0) is 42.8 Å². The maximum absolute atomic E-state index is 13.6. The summed E-state index contributed by atoms with van der Waals surface area (Å²) in [6.45, 7) is 8.62. The van der Waals surface area contributed by atoms with Gasteiger partial charge in [0.25, 0.3) is 0 Å². The number of carbonyl (C=O) groups excluding carboxylic acids is 1. The first kappa shape index (κ1) is 22.1. The van der Waals surface area contributed by atoms with Crippen LogP contribution in [0.15, 0.2) is 42.5 Å². The lowest BCUT2D eigenvalue weighted by molar-refractivity contribution is -0.136. The van der Waals surface area contributed by atoms with Gasteiger partial charge < -0.3 is 14.4 Å². The summed E-state index contributed by atoms with van der Waals surface area (Å²) in [6.07, 6.45) is 1.16. The van der Waals surface area contributed by atoms with Gasteiger partial charge in [0.05, 0.1) is 11.0 Å². The molecule has 31 heavy (non-hydrogen) atoms. The number of hydrogen-bond acceptors (Lipinski definition) is 3. The maximum Gasteiger partial charge on any atom is 0.245 e. The molecule has 1 fully saturated rings. The van der Waals surface area contributed by atoms with Crippen LogP contribution >= 0.6 is 23.2 Å². The minimum atomic E-state index is -0.308. The molecule has 2 aromatic carbocycles. The first-order chi connectivity index (χ1) is 15.0. The van der Waals surface area contributed by atoms with Crippen LogP contribution < -0.4 is 0 Å². The third-order valence-corrected chi connectivity index (χ3v) is 6.89. The Morgan fingerprint density at radius 1 is 1.00 bits per heavy atom. The Morgan fingerprint density at radius 2 is 1.68 bits per heavy atom. The molecule has 0 saturated carbocycles. The number of fused-ring (bicyclic) bond motifs is 1. The van der Waals surface area contributed by atoms with Gasteiger partial charge in [-0.2, -0.15) is 0 Å². The van der Waals surface area contributed by atoms with Gasteiger partial charge in [-0.3, -0.25) is 4.79 Å². The molecule has 1 aliphatic heterocycles. The molecular weight excluding hydrogens is 431 g/mol. The van der Waals surface area contributed by atoms with E-state index in [0.29, 0.717) is 22.9 Å². The van der Waals surface area contributed by atoms with E-state index < -0.39 is 0 Å². The molecule has 1 aromatic heterocycles. The van der Waals surface area contributed by atoms with E-state index in [2.05, 4.69) is 23.3 Å². The summed E-state index contributed by atoms with van der Waals surface area (Å²) in [6, 6.07) is 13.2. The van der Waals surface area contributed by atoms with Crippen LogP contribution in [0.4, 0.5) is 0 Å².